The van der Waals surface area contributed by atoms with Gasteiger partial charge >= 0.3 is 0 Å². The first-order chi connectivity index (χ1) is 12.1. The van der Waals surface area contributed by atoms with Crippen LogP contribution >= 0.6 is 0 Å². The predicted octanol–water partition coefficient (Wildman–Crippen LogP) is 0.319. The van der Waals surface area contributed by atoms with Crippen molar-refractivity contribution in [3.05, 3.63) is 0 Å². The van der Waals surface area contributed by atoms with Crippen molar-refractivity contribution in [3.8, 4) is 0 Å². The SMILES string of the molecule is CCNC(=NCCN1CCCS1(=O)=O)N1CC(=O)N(C(C)C)C(C)(C)C1. The van der Waals surface area contributed by atoms with Gasteiger partial charge < -0.3 is 15.1 Å². The van der Waals surface area contributed by atoms with E-state index in [1.165, 1.54) is 4.31 Å². The molecule has 0 aromatic carbocycles. The Morgan fingerprint density at radius 1 is 1.35 bits per heavy atom. The smallest absolute Gasteiger partial charge is 0.242 e. The zero-order valence-corrected chi connectivity index (χ0v) is 17.5. The van der Waals surface area contributed by atoms with Crippen LogP contribution in [0.5, 0.6) is 0 Å². The molecule has 8 nitrogen and oxygen atoms in total. The van der Waals surface area contributed by atoms with E-state index in [9.17, 15) is 13.2 Å². The van der Waals surface area contributed by atoms with E-state index in [1.807, 2.05) is 30.6 Å². The maximum atomic E-state index is 12.7. The highest BCUT2D eigenvalue weighted by atomic mass is 32.2. The normalized spacial score (nSPS) is 23.8. The van der Waals surface area contributed by atoms with E-state index in [4.69, 9.17) is 0 Å². The number of hydrogen-bond donors (Lipinski definition) is 1. The molecule has 150 valence electrons. The third-order valence-corrected chi connectivity index (χ3v) is 6.75. The fraction of sp³-hybridized carbons (Fsp3) is 0.882. The van der Waals surface area contributed by atoms with Crippen molar-refractivity contribution < 1.29 is 13.2 Å². The van der Waals surface area contributed by atoms with E-state index in [-0.39, 0.29) is 29.8 Å². The van der Waals surface area contributed by atoms with Crippen LogP contribution < -0.4 is 5.32 Å². The van der Waals surface area contributed by atoms with Crippen LogP contribution in [0.3, 0.4) is 0 Å². The molecule has 0 bridgehead atoms. The standard InChI is InChI=1S/C17H33N5O3S/c1-6-18-16(19-8-10-21-9-7-11-26(21,24)25)20-12-15(23)22(14(2)3)17(4,5)13-20/h14H,6-13H2,1-5H3,(H,18,19). The van der Waals surface area contributed by atoms with Gasteiger partial charge in [-0.25, -0.2) is 12.7 Å². The van der Waals surface area contributed by atoms with Gasteiger partial charge in [0, 0.05) is 32.2 Å². The maximum absolute atomic E-state index is 12.7. The van der Waals surface area contributed by atoms with Gasteiger partial charge in [-0.15, -0.1) is 0 Å². The lowest BCUT2D eigenvalue weighted by atomic mass is 9.96. The Labute approximate surface area is 157 Å². The summed E-state index contributed by atoms with van der Waals surface area (Å²) in [5, 5.41) is 3.24. The number of piperazine rings is 1. The number of aliphatic imine (C=N–C) groups is 1. The molecular weight excluding hydrogens is 354 g/mol. The highest BCUT2D eigenvalue weighted by Gasteiger charge is 2.40. The number of rotatable bonds is 5. The van der Waals surface area contributed by atoms with Gasteiger partial charge in [0.15, 0.2) is 5.96 Å². The molecule has 0 aromatic rings. The van der Waals surface area contributed by atoms with Crippen LogP contribution in [0, 0.1) is 0 Å². The molecule has 1 N–H and O–H groups in total. The lowest BCUT2D eigenvalue weighted by Gasteiger charge is -2.49. The summed E-state index contributed by atoms with van der Waals surface area (Å²) in [6, 6.07) is 0.152. The minimum absolute atomic E-state index is 0.0870. The van der Waals surface area contributed by atoms with Crippen molar-refractivity contribution in [2.24, 2.45) is 4.99 Å². The largest absolute Gasteiger partial charge is 0.357 e. The quantitative estimate of drug-likeness (QED) is 0.542. The van der Waals surface area contributed by atoms with Gasteiger partial charge in [-0.05, 0) is 41.0 Å². The number of nitrogens with zero attached hydrogens (tertiary/aromatic N) is 4. The second-order valence-electron chi connectivity index (χ2n) is 7.83. The molecule has 0 aromatic heterocycles. The molecule has 0 saturated carbocycles. The summed E-state index contributed by atoms with van der Waals surface area (Å²) in [7, 11) is -3.10. The van der Waals surface area contributed by atoms with E-state index in [0.717, 1.165) is 0 Å². The molecule has 0 aliphatic carbocycles. The second-order valence-corrected chi connectivity index (χ2v) is 9.92. The average Bonchev–Trinajstić information content (AvgIpc) is 2.83. The Balaban J connectivity index is 2.08. The topological polar surface area (TPSA) is 85.3 Å². The minimum atomic E-state index is -3.10. The third-order valence-electron chi connectivity index (χ3n) is 4.79. The molecule has 26 heavy (non-hydrogen) atoms. The molecular formula is C17H33N5O3S. The first-order valence-corrected chi connectivity index (χ1v) is 11.0. The summed E-state index contributed by atoms with van der Waals surface area (Å²) in [4.78, 5) is 21.2. The first-order valence-electron chi connectivity index (χ1n) is 9.41. The number of sulfonamides is 1. The van der Waals surface area contributed by atoms with Crippen LogP contribution in [0.1, 0.15) is 41.0 Å². The van der Waals surface area contributed by atoms with Gasteiger partial charge in [-0.3, -0.25) is 9.79 Å². The molecule has 2 aliphatic rings. The summed E-state index contributed by atoms with van der Waals surface area (Å²) in [5.41, 5.74) is -0.294. The van der Waals surface area contributed by atoms with Crippen LogP contribution in [-0.4, -0.2) is 91.0 Å². The number of carbonyl (C=O) groups is 1. The van der Waals surface area contributed by atoms with Crippen LogP contribution in [-0.2, 0) is 14.8 Å². The number of carbonyl (C=O) groups excluding carboxylic acids is 1. The van der Waals surface area contributed by atoms with Crippen molar-refractivity contribution in [1.29, 1.82) is 0 Å². The summed E-state index contributed by atoms with van der Waals surface area (Å²) in [5.74, 6) is 0.995. The van der Waals surface area contributed by atoms with Crippen molar-refractivity contribution in [3.63, 3.8) is 0 Å². The van der Waals surface area contributed by atoms with Gasteiger partial charge in [-0.2, -0.15) is 0 Å². The van der Waals surface area contributed by atoms with Gasteiger partial charge in [-0.1, -0.05) is 0 Å². The van der Waals surface area contributed by atoms with E-state index in [1.54, 1.807) is 0 Å². The Bertz CT molecular complexity index is 645. The summed E-state index contributed by atoms with van der Waals surface area (Å²) < 4.78 is 25.3. The van der Waals surface area contributed by atoms with Gasteiger partial charge in [0.2, 0.25) is 15.9 Å². The van der Waals surface area contributed by atoms with Gasteiger partial charge in [0.1, 0.15) is 0 Å². The summed E-state index contributed by atoms with van der Waals surface area (Å²) >= 11 is 0. The molecule has 1 amide bonds. The number of amides is 1. The zero-order valence-electron chi connectivity index (χ0n) is 16.7. The van der Waals surface area contributed by atoms with Gasteiger partial charge in [0.05, 0.1) is 24.4 Å². The van der Waals surface area contributed by atoms with E-state index in [2.05, 4.69) is 24.2 Å². The fourth-order valence-corrected chi connectivity index (χ4v) is 5.47. The van der Waals surface area contributed by atoms with Gasteiger partial charge in [0.25, 0.3) is 0 Å². The highest BCUT2D eigenvalue weighted by Crippen LogP contribution is 2.24. The molecule has 0 spiro atoms. The van der Waals surface area contributed by atoms with Crippen molar-refractivity contribution in [1.82, 2.24) is 19.4 Å². The van der Waals surface area contributed by atoms with Crippen LogP contribution in [0.4, 0.5) is 0 Å². The molecule has 2 fully saturated rings. The van der Waals surface area contributed by atoms with Crippen LogP contribution in [0.2, 0.25) is 0 Å². The molecule has 2 aliphatic heterocycles. The Kier molecular flexibility index (Phi) is 6.55. The number of guanidine groups is 1. The third kappa shape index (κ3) is 4.68. The van der Waals surface area contributed by atoms with Crippen LogP contribution in [0.15, 0.2) is 4.99 Å². The lowest BCUT2D eigenvalue weighted by Crippen LogP contribution is -2.66. The van der Waals surface area contributed by atoms with Crippen molar-refractivity contribution in [2.45, 2.75) is 52.6 Å². The first kappa shape index (κ1) is 21.0. The number of nitrogens with one attached hydrogen (secondary N) is 1. The molecule has 9 heteroatoms. The highest BCUT2D eigenvalue weighted by molar-refractivity contribution is 7.89. The average molecular weight is 388 g/mol. The minimum Gasteiger partial charge on any atom is -0.357 e. The molecule has 2 rings (SSSR count). The summed E-state index contributed by atoms with van der Waals surface area (Å²) in [6.07, 6.45) is 0.686. The Hall–Kier alpha value is -1.35. The molecule has 0 atom stereocenters. The van der Waals surface area contributed by atoms with E-state index in [0.29, 0.717) is 45.1 Å². The lowest BCUT2D eigenvalue weighted by molar-refractivity contribution is -0.145. The number of hydrogen-bond acceptors (Lipinski definition) is 4. The maximum Gasteiger partial charge on any atom is 0.242 e. The van der Waals surface area contributed by atoms with Crippen molar-refractivity contribution >= 4 is 21.9 Å². The van der Waals surface area contributed by atoms with Crippen LogP contribution in [0.25, 0.3) is 0 Å². The molecule has 0 radical (unpaired) electrons. The predicted molar refractivity (Wildman–Crippen MR) is 104 cm³/mol. The Morgan fingerprint density at radius 2 is 2.04 bits per heavy atom. The van der Waals surface area contributed by atoms with E-state index >= 15 is 0 Å². The summed E-state index contributed by atoms with van der Waals surface area (Å²) in [6.45, 7) is 13.2. The molecule has 0 unspecified atom stereocenters. The molecule has 2 heterocycles. The van der Waals surface area contributed by atoms with Crippen molar-refractivity contribution in [2.75, 3.05) is 45.0 Å². The monoisotopic (exact) mass is 387 g/mol. The second kappa shape index (κ2) is 8.12. The van der Waals surface area contributed by atoms with E-state index < -0.39 is 10.0 Å². The fourth-order valence-electron chi connectivity index (χ4n) is 3.95. The Morgan fingerprint density at radius 3 is 2.54 bits per heavy atom. The zero-order chi connectivity index (χ0) is 19.5. The molecule has 2 saturated heterocycles.